The first-order valence-corrected chi connectivity index (χ1v) is 8.19. The van der Waals surface area contributed by atoms with Crippen LogP contribution in [0.25, 0.3) is 0 Å². The van der Waals surface area contributed by atoms with Gasteiger partial charge in [-0.05, 0) is 24.6 Å². The highest BCUT2D eigenvalue weighted by molar-refractivity contribution is 8.01. The highest BCUT2D eigenvalue weighted by Crippen LogP contribution is 2.43. The molecule has 2 atom stereocenters. The first kappa shape index (κ1) is 17.1. The second-order valence-corrected chi connectivity index (χ2v) is 6.76. The molecule has 2 rings (SSSR count). The van der Waals surface area contributed by atoms with Gasteiger partial charge in [0, 0.05) is 13.0 Å². The monoisotopic (exact) mass is 333 g/mol. The summed E-state index contributed by atoms with van der Waals surface area (Å²) >= 11 is 1.49. The molecule has 0 bridgehead atoms. The number of carbonyl (C=O) groups is 1. The zero-order valence-electron chi connectivity index (χ0n) is 12.6. The van der Waals surface area contributed by atoms with Gasteiger partial charge < -0.3 is 10.2 Å². The molecule has 0 unspecified atom stereocenters. The Kier molecular flexibility index (Phi) is 5.39. The van der Waals surface area contributed by atoms with Crippen LogP contribution in [0.1, 0.15) is 29.8 Å². The van der Waals surface area contributed by atoms with Gasteiger partial charge in [0.15, 0.2) is 0 Å². The molecule has 0 saturated carbocycles. The summed E-state index contributed by atoms with van der Waals surface area (Å²) in [4.78, 5) is 14.0. The van der Waals surface area contributed by atoms with Gasteiger partial charge in [0.2, 0.25) is 5.91 Å². The van der Waals surface area contributed by atoms with Crippen LogP contribution in [0, 0.1) is 0 Å². The van der Waals surface area contributed by atoms with Crippen LogP contribution in [0.3, 0.4) is 0 Å². The summed E-state index contributed by atoms with van der Waals surface area (Å²) < 4.78 is 37.9. The van der Waals surface area contributed by atoms with Crippen molar-refractivity contribution >= 4 is 17.7 Å². The molecule has 1 aromatic rings. The van der Waals surface area contributed by atoms with Crippen LogP contribution in [0.4, 0.5) is 13.2 Å². The summed E-state index contributed by atoms with van der Waals surface area (Å²) in [6.45, 7) is 3.39. The average Bonchev–Trinajstić information content (AvgIpc) is 2.75. The Balaban J connectivity index is 2.16. The Morgan fingerprint density at radius 2 is 1.91 bits per heavy atom. The molecule has 0 aliphatic carbocycles. The normalized spacial score (nSPS) is 22.4. The van der Waals surface area contributed by atoms with Gasteiger partial charge in [-0.15, -0.1) is 11.8 Å². The minimum Gasteiger partial charge on any atom is -0.349 e. The van der Waals surface area contributed by atoms with E-state index in [1.165, 1.54) is 23.9 Å². The number of nitrogens with two attached hydrogens (primary N) is 1. The number of rotatable bonds is 5. The van der Waals surface area contributed by atoms with Gasteiger partial charge in [-0.1, -0.05) is 12.1 Å². The van der Waals surface area contributed by atoms with Gasteiger partial charge in [-0.3, -0.25) is 4.79 Å². The van der Waals surface area contributed by atoms with Crippen LogP contribution in [0.5, 0.6) is 0 Å². The lowest BCUT2D eigenvalue weighted by Gasteiger charge is -2.24. The van der Waals surface area contributed by atoms with E-state index in [9.17, 15) is 18.0 Å². The van der Waals surface area contributed by atoms with Crippen molar-refractivity contribution in [2.75, 3.05) is 20.1 Å². The van der Waals surface area contributed by atoms with Crippen LogP contribution in [0.2, 0.25) is 0 Å². The minimum atomic E-state index is -4.33. The van der Waals surface area contributed by atoms with Gasteiger partial charge in [0.05, 0.1) is 24.4 Å². The number of amides is 1. The molecular weight excluding hydrogens is 313 g/mol. The molecular formula is C15H20F3N2OS+. The van der Waals surface area contributed by atoms with Gasteiger partial charge in [-0.25, -0.2) is 0 Å². The van der Waals surface area contributed by atoms with Crippen LogP contribution < -0.4 is 5.32 Å². The summed E-state index contributed by atoms with van der Waals surface area (Å²) in [5.41, 5.74) is 0.0851. The lowest BCUT2D eigenvalue weighted by molar-refractivity contribution is -0.627. The van der Waals surface area contributed by atoms with Crippen LogP contribution in [-0.4, -0.2) is 36.2 Å². The summed E-state index contributed by atoms with van der Waals surface area (Å²) in [6, 6.07) is 5.12. The lowest BCUT2D eigenvalue weighted by Crippen LogP contribution is -2.79. The van der Waals surface area contributed by atoms with Gasteiger partial charge in [-0.2, -0.15) is 13.2 Å². The molecule has 122 valence electrons. The Morgan fingerprint density at radius 1 is 1.27 bits per heavy atom. The minimum absolute atomic E-state index is 0.0611. The SMILES string of the molecule is C[NH2+]CCCN1C(=O)[C@H](C)S[C@@H]1c1ccc(C(F)(F)F)cc1. The maximum Gasteiger partial charge on any atom is 0.416 e. The highest BCUT2D eigenvalue weighted by Gasteiger charge is 2.38. The van der Waals surface area contributed by atoms with Crippen molar-refractivity contribution in [2.45, 2.75) is 30.1 Å². The third-order valence-corrected chi connectivity index (χ3v) is 5.06. The lowest BCUT2D eigenvalue weighted by atomic mass is 10.1. The van der Waals surface area contributed by atoms with E-state index < -0.39 is 11.7 Å². The third kappa shape index (κ3) is 3.76. The molecule has 1 amide bonds. The zero-order chi connectivity index (χ0) is 16.3. The van der Waals surface area contributed by atoms with Gasteiger partial charge in [0.25, 0.3) is 0 Å². The van der Waals surface area contributed by atoms with E-state index in [1.54, 1.807) is 4.90 Å². The van der Waals surface area contributed by atoms with Crippen molar-refractivity contribution in [2.24, 2.45) is 0 Å². The number of halogens is 3. The number of hydrogen-bond acceptors (Lipinski definition) is 2. The summed E-state index contributed by atoms with van der Waals surface area (Å²) in [5.74, 6) is 0.0611. The average molecular weight is 333 g/mol. The number of thioether (sulfide) groups is 1. The zero-order valence-corrected chi connectivity index (χ0v) is 13.4. The molecule has 1 heterocycles. The third-order valence-electron chi connectivity index (χ3n) is 3.66. The summed E-state index contributed by atoms with van der Waals surface area (Å²) in [6.07, 6.45) is -3.46. The molecule has 1 aromatic carbocycles. The predicted octanol–water partition coefficient (Wildman–Crippen LogP) is 2.25. The van der Waals surface area contributed by atoms with E-state index >= 15 is 0 Å². The van der Waals surface area contributed by atoms with E-state index in [-0.39, 0.29) is 16.5 Å². The largest absolute Gasteiger partial charge is 0.416 e. The van der Waals surface area contributed by atoms with Crippen LogP contribution >= 0.6 is 11.8 Å². The molecule has 0 aromatic heterocycles. The van der Waals surface area contributed by atoms with Crippen LogP contribution in [-0.2, 0) is 11.0 Å². The quantitative estimate of drug-likeness (QED) is 0.839. The van der Waals surface area contributed by atoms with E-state index in [1.807, 2.05) is 19.3 Å². The molecule has 1 fully saturated rings. The molecule has 1 aliphatic heterocycles. The van der Waals surface area contributed by atoms with Crippen molar-refractivity contribution in [3.8, 4) is 0 Å². The topological polar surface area (TPSA) is 36.9 Å². The van der Waals surface area contributed by atoms with Crippen molar-refractivity contribution < 1.29 is 23.3 Å². The second-order valence-electron chi connectivity index (χ2n) is 5.33. The number of hydrogen-bond donors (Lipinski definition) is 1. The molecule has 3 nitrogen and oxygen atoms in total. The van der Waals surface area contributed by atoms with E-state index in [2.05, 4.69) is 0 Å². The number of benzene rings is 1. The Hall–Kier alpha value is -1.21. The van der Waals surface area contributed by atoms with E-state index in [0.717, 1.165) is 30.7 Å². The van der Waals surface area contributed by atoms with Gasteiger partial charge in [0.1, 0.15) is 5.37 Å². The molecule has 7 heteroatoms. The summed E-state index contributed by atoms with van der Waals surface area (Å²) in [7, 11) is 1.97. The second kappa shape index (κ2) is 6.91. The van der Waals surface area contributed by atoms with E-state index in [0.29, 0.717) is 6.54 Å². The summed E-state index contributed by atoms with van der Waals surface area (Å²) in [5, 5.41) is 1.70. The number of nitrogens with zero attached hydrogens (tertiary/aromatic N) is 1. The maximum absolute atomic E-state index is 12.6. The first-order valence-electron chi connectivity index (χ1n) is 7.25. The Morgan fingerprint density at radius 3 is 2.45 bits per heavy atom. The fraction of sp³-hybridized carbons (Fsp3) is 0.533. The molecule has 2 N–H and O–H groups in total. The molecule has 0 radical (unpaired) electrons. The molecule has 1 aliphatic rings. The Labute approximate surface area is 132 Å². The first-order chi connectivity index (χ1) is 10.3. The van der Waals surface area contributed by atoms with Crippen molar-refractivity contribution in [3.63, 3.8) is 0 Å². The highest BCUT2D eigenvalue weighted by atomic mass is 32.2. The van der Waals surface area contributed by atoms with Crippen molar-refractivity contribution in [1.29, 1.82) is 0 Å². The number of quaternary nitrogens is 1. The molecule has 1 saturated heterocycles. The van der Waals surface area contributed by atoms with Gasteiger partial charge >= 0.3 is 6.18 Å². The maximum atomic E-state index is 12.6. The number of carbonyl (C=O) groups excluding carboxylic acids is 1. The van der Waals surface area contributed by atoms with E-state index in [4.69, 9.17) is 0 Å². The number of alkyl halides is 3. The molecule has 22 heavy (non-hydrogen) atoms. The fourth-order valence-corrected chi connectivity index (χ4v) is 3.77. The Bertz CT molecular complexity index is 519. The molecule has 0 spiro atoms. The van der Waals surface area contributed by atoms with Crippen molar-refractivity contribution in [1.82, 2.24) is 4.90 Å². The standard InChI is InChI=1S/C15H19F3N2OS/c1-10-13(21)20(9-3-8-19-2)14(22-10)11-4-6-12(7-5-11)15(16,17)18/h4-7,10,14,19H,3,8-9H2,1-2H3/p+1/t10-,14+/m0/s1. The van der Waals surface area contributed by atoms with Crippen molar-refractivity contribution in [3.05, 3.63) is 35.4 Å². The van der Waals surface area contributed by atoms with Crippen LogP contribution in [0.15, 0.2) is 24.3 Å². The smallest absolute Gasteiger partial charge is 0.349 e. The fourth-order valence-electron chi connectivity index (χ4n) is 2.46. The predicted molar refractivity (Wildman–Crippen MR) is 80.3 cm³/mol.